The minimum absolute atomic E-state index is 0.0770. The summed E-state index contributed by atoms with van der Waals surface area (Å²) in [6, 6.07) is 4.96. The minimum Gasteiger partial charge on any atom is -0.497 e. The van der Waals surface area contributed by atoms with Gasteiger partial charge in [-0.15, -0.1) is 0 Å². The summed E-state index contributed by atoms with van der Waals surface area (Å²) in [4.78, 5) is 39.2. The summed E-state index contributed by atoms with van der Waals surface area (Å²) in [6.07, 6.45) is 2.87. The molecule has 2 aromatic heterocycles. The number of aromatic amines is 1. The zero-order chi connectivity index (χ0) is 26.1. The maximum Gasteiger partial charge on any atom is 0.255 e. The van der Waals surface area contributed by atoms with Crippen LogP contribution in [0.25, 0.3) is 22.3 Å². The third-order valence-electron chi connectivity index (χ3n) is 6.84. The molecular weight excluding hydrogens is 478 g/mol. The minimum atomic E-state index is -0.883. The zero-order valence-corrected chi connectivity index (χ0v) is 21.1. The molecule has 3 N–H and O–H groups in total. The molecule has 1 saturated heterocycles. The van der Waals surface area contributed by atoms with E-state index in [4.69, 9.17) is 14.2 Å². The van der Waals surface area contributed by atoms with Crippen molar-refractivity contribution in [3.63, 3.8) is 0 Å². The summed E-state index contributed by atoms with van der Waals surface area (Å²) in [5.41, 5.74) is 3.42. The molecule has 0 bridgehead atoms. The average Bonchev–Trinajstić information content (AvgIpc) is 3.56. The number of H-pyrrole nitrogens is 1. The highest BCUT2D eigenvalue weighted by atomic mass is 16.5. The molecule has 1 saturated carbocycles. The number of aromatic nitrogens is 3. The number of β-amino-alcohol motifs (C(OH)–C–C–N with tert-alkyl or cyclic N) is 1. The number of ether oxygens (including phenoxy) is 3. The maximum atomic E-state index is 13.4. The molecule has 196 valence electrons. The van der Waals surface area contributed by atoms with Crippen LogP contribution in [0.1, 0.15) is 28.9 Å². The van der Waals surface area contributed by atoms with Gasteiger partial charge in [-0.1, -0.05) is 0 Å². The van der Waals surface area contributed by atoms with Crippen LogP contribution in [0.3, 0.4) is 0 Å². The number of aliphatic hydroxyl groups is 1. The molecule has 11 heteroatoms. The van der Waals surface area contributed by atoms with E-state index in [1.807, 2.05) is 18.2 Å². The van der Waals surface area contributed by atoms with Crippen molar-refractivity contribution in [3.8, 4) is 22.8 Å². The van der Waals surface area contributed by atoms with Gasteiger partial charge in [0.1, 0.15) is 35.6 Å². The third kappa shape index (κ3) is 5.09. The molecule has 1 aromatic carbocycles. The Labute approximate surface area is 214 Å². The molecule has 0 spiro atoms. The molecule has 2 fully saturated rings. The van der Waals surface area contributed by atoms with E-state index < -0.39 is 18.1 Å². The summed E-state index contributed by atoms with van der Waals surface area (Å²) >= 11 is 0. The topological polar surface area (TPSA) is 139 Å². The SMILES string of the molecule is COCC(=O)N1C[C@@H](O)[C@H](NC(=O)c2c(C)[nH]c3c(-c4ccc(OC)cc4OCC4CC4)ncnc23)C1. The fraction of sp³-hybridized carbons (Fsp3) is 0.462. The van der Waals surface area contributed by atoms with Crippen molar-refractivity contribution < 1.29 is 28.9 Å². The van der Waals surface area contributed by atoms with Gasteiger partial charge in [-0.2, -0.15) is 0 Å². The first kappa shape index (κ1) is 25.0. The maximum absolute atomic E-state index is 13.4. The number of benzene rings is 1. The van der Waals surface area contributed by atoms with Gasteiger partial charge in [-0.25, -0.2) is 9.97 Å². The number of nitrogens with zero attached hydrogens (tertiary/aromatic N) is 3. The summed E-state index contributed by atoms with van der Waals surface area (Å²) in [7, 11) is 3.05. The Bertz CT molecular complexity index is 1320. The van der Waals surface area contributed by atoms with Crippen LogP contribution in [-0.2, 0) is 9.53 Å². The van der Waals surface area contributed by atoms with Crippen molar-refractivity contribution >= 4 is 22.8 Å². The molecule has 0 radical (unpaired) electrons. The summed E-state index contributed by atoms with van der Waals surface area (Å²) in [6.45, 7) is 2.67. The van der Waals surface area contributed by atoms with Crippen molar-refractivity contribution in [3.05, 3.63) is 35.8 Å². The van der Waals surface area contributed by atoms with E-state index in [2.05, 4.69) is 20.3 Å². The average molecular weight is 510 g/mol. The Kier molecular flexibility index (Phi) is 6.98. The Balaban J connectivity index is 1.43. The largest absolute Gasteiger partial charge is 0.497 e. The van der Waals surface area contributed by atoms with Crippen molar-refractivity contribution in [1.29, 1.82) is 0 Å². The normalized spacial score (nSPS) is 19.3. The van der Waals surface area contributed by atoms with Gasteiger partial charge in [0.05, 0.1) is 36.9 Å². The second kappa shape index (κ2) is 10.3. The number of methoxy groups -OCH3 is 2. The summed E-state index contributed by atoms with van der Waals surface area (Å²) in [5, 5.41) is 13.3. The van der Waals surface area contributed by atoms with Gasteiger partial charge in [-0.05, 0) is 37.8 Å². The molecular formula is C26H31N5O6. The number of hydrogen-bond donors (Lipinski definition) is 3. The predicted molar refractivity (Wildman–Crippen MR) is 135 cm³/mol. The van der Waals surface area contributed by atoms with E-state index >= 15 is 0 Å². The third-order valence-corrected chi connectivity index (χ3v) is 6.84. The molecule has 2 atom stereocenters. The number of nitrogens with one attached hydrogen (secondary N) is 2. The first-order valence-electron chi connectivity index (χ1n) is 12.3. The van der Waals surface area contributed by atoms with Gasteiger partial charge >= 0.3 is 0 Å². The number of aryl methyl sites for hydroxylation is 1. The van der Waals surface area contributed by atoms with Gasteiger partial charge in [0.25, 0.3) is 5.91 Å². The van der Waals surface area contributed by atoms with Crippen molar-refractivity contribution in [2.24, 2.45) is 5.92 Å². The Morgan fingerprint density at radius 1 is 1.22 bits per heavy atom. The van der Waals surface area contributed by atoms with Gasteiger partial charge in [0, 0.05) is 37.5 Å². The van der Waals surface area contributed by atoms with E-state index in [1.54, 1.807) is 14.0 Å². The molecule has 11 nitrogen and oxygen atoms in total. The van der Waals surface area contributed by atoms with Gasteiger partial charge in [0.2, 0.25) is 5.91 Å². The van der Waals surface area contributed by atoms with E-state index in [-0.39, 0.29) is 25.6 Å². The van der Waals surface area contributed by atoms with Gasteiger partial charge in [0.15, 0.2) is 0 Å². The first-order chi connectivity index (χ1) is 17.9. The number of amides is 2. The van der Waals surface area contributed by atoms with E-state index in [1.165, 1.54) is 31.2 Å². The molecule has 37 heavy (non-hydrogen) atoms. The van der Waals surface area contributed by atoms with Crippen molar-refractivity contribution in [2.75, 3.05) is 40.5 Å². The molecule has 3 aromatic rings. The van der Waals surface area contributed by atoms with Crippen LogP contribution in [0.4, 0.5) is 0 Å². The van der Waals surface area contributed by atoms with Crippen molar-refractivity contribution in [2.45, 2.75) is 31.9 Å². The lowest BCUT2D eigenvalue weighted by atomic mass is 10.1. The number of likely N-dealkylation sites (tertiary alicyclic amines) is 1. The Morgan fingerprint density at radius 3 is 2.76 bits per heavy atom. The number of carbonyl (C=O) groups excluding carboxylic acids is 2. The highest BCUT2D eigenvalue weighted by Crippen LogP contribution is 2.38. The predicted octanol–water partition coefficient (Wildman–Crippen LogP) is 1.68. The summed E-state index contributed by atoms with van der Waals surface area (Å²) in [5.74, 6) is 1.27. The number of aliphatic hydroxyl groups excluding tert-OH is 1. The number of fused-ring (bicyclic) bond motifs is 1. The number of rotatable bonds is 9. The van der Waals surface area contributed by atoms with E-state index in [0.29, 0.717) is 52.0 Å². The quantitative estimate of drug-likeness (QED) is 0.396. The standard InChI is InChI=1S/C26H31N5O6/c1-14-22(26(34)30-18-9-31(10-19(18)32)21(33)12-35-2)24-25(29-14)23(27-13-28-24)17-7-6-16(36-3)8-20(17)37-11-15-4-5-15/h6-8,13,15,18-19,29,32H,4-5,9-12H2,1-3H3,(H,30,34)/t18-,19-/m1/s1. The molecule has 3 heterocycles. The Morgan fingerprint density at radius 2 is 2.03 bits per heavy atom. The monoisotopic (exact) mass is 509 g/mol. The molecule has 0 unspecified atom stereocenters. The Hall–Kier alpha value is -3.70. The fourth-order valence-corrected chi connectivity index (χ4v) is 4.63. The molecule has 5 rings (SSSR count). The van der Waals surface area contributed by atoms with Crippen LogP contribution in [0.5, 0.6) is 11.5 Å². The smallest absolute Gasteiger partial charge is 0.255 e. The van der Waals surface area contributed by atoms with Crippen molar-refractivity contribution in [1.82, 2.24) is 25.2 Å². The highest BCUT2D eigenvalue weighted by Gasteiger charge is 2.36. The molecule has 1 aliphatic carbocycles. The van der Waals surface area contributed by atoms with Gasteiger partial charge in [-0.3, -0.25) is 9.59 Å². The van der Waals surface area contributed by atoms with Crippen LogP contribution < -0.4 is 14.8 Å². The number of carbonyl (C=O) groups is 2. The molecule has 2 aliphatic rings. The van der Waals surface area contributed by atoms with Crippen LogP contribution >= 0.6 is 0 Å². The second-order valence-electron chi connectivity index (χ2n) is 9.57. The lowest BCUT2D eigenvalue weighted by Gasteiger charge is -2.16. The fourth-order valence-electron chi connectivity index (χ4n) is 4.63. The summed E-state index contributed by atoms with van der Waals surface area (Å²) < 4.78 is 16.4. The van der Waals surface area contributed by atoms with Gasteiger partial charge < -0.3 is 34.5 Å². The van der Waals surface area contributed by atoms with Crippen LogP contribution in [0.2, 0.25) is 0 Å². The lowest BCUT2D eigenvalue weighted by Crippen LogP contribution is -2.43. The first-order valence-corrected chi connectivity index (χ1v) is 12.3. The van der Waals surface area contributed by atoms with Crippen LogP contribution in [-0.4, -0.2) is 89.4 Å². The second-order valence-corrected chi connectivity index (χ2v) is 9.57. The van der Waals surface area contributed by atoms with Crippen LogP contribution in [0, 0.1) is 12.8 Å². The molecule has 2 amide bonds. The van der Waals surface area contributed by atoms with E-state index in [0.717, 1.165) is 5.56 Å². The number of hydrogen-bond acceptors (Lipinski definition) is 8. The van der Waals surface area contributed by atoms with E-state index in [9.17, 15) is 14.7 Å². The molecule has 1 aliphatic heterocycles. The zero-order valence-electron chi connectivity index (χ0n) is 21.1. The lowest BCUT2D eigenvalue weighted by molar-refractivity contribution is -0.134. The highest BCUT2D eigenvalue weighted by molar-refractivity contribution is 6.09. The van der Waals surface area contributed by atoms with Crippen LogP contribution in [0.15, 0.2) is 24.5 Å².